The highest BCUT2D eigenvalue weighted by Gasteiger charge is 2.08. The van der Waals surface area contributed by atoms with Gasteiger partial charge >= 0.3 is 0 Å². The van der Waals surface area contributed by atoms with Gasteiger partial charge in [-0.15, -0.1) is 0 Å². The van der Waals surface area contributed by atoms with Crippen molar-refractivity contribution in [3.05, 3.63) is 22.7 Å². The molecule has 4 nitrogen and oxygen atoms in total. The molecule has 0 aliphatic heterocycles. The van der Waals surface area contributed by atoms with Gasteiger partial charge in [0.15, 0.2) is 0 Å². The van der Waals surface area contributed by atoms with Gasteiger partial charge in [-0.05, 0) is 53.4 Å². The minimum atomic E-state index is 0.0215. The first-order chi connectivity index (χ1) is 9.06. The molecule has 0 saturated heterocycles. The molecule has 19 heavy (non-hydrogen) atoms. The number of nitrogens with two attached hydrogens (primary N) is 1. The minimum Gasteiger partial charge on any atom is -0.495 e. The maximum Gasteiger partial charge on any atom is 0.224 e. The summed E-state index contributed by atoms with van der Waals surface area (Å²) in [5, 5.41) is 2.87. The van der Waals surface area contributed by atoms with Crippen molar-refractivity contribution in [2.45, 2.75) is 26.2 Å². The predicted molar refractivity (Wildman–Crippen MR) is 81.4 cm³/mol. The Morgan fingerprint density at radius 1 is 1.47 bits per heavy atom. The molecule has 1 unspecified atom stereocenters. The highest BCUT2D eigenvalue weighted by atomic mass is 79.9. The van der Waals surface area contributed by atoms with Gasteiger partial charge in [-0.25, -0.2) is 0 Å². The van der Waals surface area contributed by atoms with E-state index in [0.29, 0.717) is 24.6 Å². The molecule has 0 radical (unpaired) electrons. The first-order valence-electron chi connectivity index (χ1n) is 6.40. The fourth-order valence-corrected chi connectivity index (χ4v) is 2.18. The van der Waals surface area contributed by atoms with E-state index in [4.69, 9.17) is 10.5 Å². The number of carbonyl (C=O) groups is 1. The highest BCUT2D eigenvalue weighted by Crippen LogP contribution is 2.27. The molecule has 0 spiro atoms. The van der Waals surface area contributed by atoms with Crippen LogP contribution in [0.4, 0.5) is 5.69 Å². The number of anilines is 1. The van der Waals surface area contributed by atoms with Crippen molar-refractivity contribution in [3.8, 4) is 5.75 Å². The normalized spacial score (nSPS) is 12.0. The molecule has 0 heterocycles. The van der Waals surface area contributed by atoms with Gasteiger partial charge in [0.1, 0.15) is 5.75 Å². The Balaban J connectivity index is 2.48. The zero-order chi connectivity index (χ0) is 14.3. The maximum atomic E-state index is 11.8. The second-order valence-electron chi connectivity index (χ2n) is 4.62. The molecule has 0 aromatic heterocycles. The van der Waals surface area contributed by atoms with Crippen LogP contribution in [0, 0.1) is 5.92 Å². The van der Waals surface area contributed by atoms with Crippen LogP contribution in [0.2, 0.25) is 0 Å². The summed E-state index contributed by atoms with van der Waals surface area (Å²) >= 11 is 3.37. The van der Waals surface area contributed by atoms with Crippen molar-refractivity contribution >= 4 is 27.5 Å². The Morgan fingerprint density at radius 2 is 2.21 bits per heavy atom. The third kappa shape index (κ3) is 5.61. The quantitative estimate of drug-likeness (QED) is 0.808. The monoisotopic (exact) mass is 328 g/mol. The minimum absolute atomic E-state index is 0.0215. The molecular formula is C14H21BrN2O2. The lowest BCUT2D eigenvalue weighted by Crippen LogP contribution is -2.14. The van der Waals surface area contributed by atoms with Crippen LogP contribution in [0.15, 0.2) is 22.7 Å². The molecule has 1 amide bonds. The Bertz CT molecular complexity index is 424. The molecule has 1 aromatic carbocycles. The van der Waals surface area contributed by atoms with Gasteiger partial charge in [-0.2, -0.15) is 0 Å². The number of hydrogen-bond acceptors (Lipinski definition) is 3. The molecule has 0 aliphatic rings. The van der Waals surface area contributed by atoms with Crippen molar-refractivity contribution in [2.75, 3.05) is 19.0 Å². The lowest BCUT2D eigenvalue weighted by Gasteiger charge is -2.11. The van der Waals surface area contributed by atoms with E-state index < -0.39 is 0 Å². The molecule has 0 fully saturated rings. The fourth-order valence-electron chi connectivity index (χ4n) is 1.77. The second kappa shape index (κ2) is 8.17. The van der Waals surface area contributed by atoms with Crippen molar-refractivity contribution in [3.63, 3.8) is 0 Å². The van der Waals surface area contributed by atoms with Gasteiger partial charge < -0.3 is 15.8 Å². The number of amides is 1. The van der Waals surface area contributed by atoms with Crippen molar-refractivity contribution in [1.29, 1.82) is 0 Å². The summed E-state index contributed by atoms with van der Waals surface area (Å²) in [6, 6.07) is 5.49. The number of hydrogen-bond donors (Lipinski definition) is 2. The molecule has 0 aliphatic carbocycles. The summed E-state index contributed by atoms with van der Waals surface area (Å²) in [4.78, 5) is 11.8. The molecule has 106 valence electrons. The van der Waals surface area contributed by atoms with E-state index in [0.717, 1.165) is 23.0 Å². The van der Waals surface area contributed by atoms with E-state index in [9.17, 15) is 4.79 Å². The fraction of sp³-hybridized carbons (Fsp3) is 0.500. The third-order valence-electron chi connectivity index (χ3n) is 2.96. The first-order valence-corrected chi connectivity index (χ1v) is 7.19. The summed E-state index contributed by atoms with van der Waals surface area (Å²) in [5.41, 5.74) is 6.23. The Labute approximate surface area is 122 Å². The molecule has 1 aromatic rings. The number of methoxy groups -OCH3 is 1. The highest BCUT2D eigenvalue weighted by molar-refractivity contribution is 9.10. The summed E-state index contributed by atoms with van der Waals surface area (Å²) in [5.74, 6) is 1.21. The van der Waals surface area contributed by atoms with Crippen LogP contribution in [0.5, 0.6) is 5.75 Å². The number of nitrogens with one attached hydrogen (secondary N) is 1. The molecule has 1 rings (SSSR count). The van der Waals surface area contributed by atoms with Crippen LogP contribution >= 0.6 is 15.9 Å². The van der Waals surface area contributed by atoms with Crippen LogP contribution in [0.3, 0.4) is 0 Å². The van der Waals surface area contributed by atoms with Crippen LogP contribution in [-0.2, 0) is 4.79 Å². The van der Waals surface area contributed by atoms with Crippen molar-refractivity contribution in [1.82, 2.24) is 0 Å². The number of rotatable bonds is 7. The van der Waals surface area contributed by atoms with Gasteiger partial charge in [0, 0.05) is 18.2 Å². The molecule has 3 N–H and O–H groups in total. The molecular weight excluding hydrogens is 308 g/mol. The van der Waals surface area contributed by atoms with E-state index in [-0.39, 0.29) is 5.91 Å². The van der Waals surface area contributed by atoms with Gasteiger partial charge in [-0.3, -0.25) is 4.79 Å². The lowest BCUT2D eigenvalue weighted by atomic mass is 10.0. The SMILES string of the molecule is COc1cc(NC(=O)CCC(C)CCN)ccc1Br. The number of benzene rings is 1. The molecule has 0 bridgehead atoms. The van der Waals surface area contributed by atoms with Gasteiger partial charge in [0.2, 0.25) is 5.91 Å². The summed E-state index contributed by atoms with van der Waals surface area (Å²) in [6.07, 6.45) is 2.33. The molecule has 1 atom stereocenters. The standard InChI is InChI=1S/C14H21BrN2O2/c1-10(7-8-16)3-6-14(18)17-11-4-5-12(15)13(9-11)19-2/h4-5,9-10H,3,6-8,16H2,1-2H3,(H,17,18). The van der Waals surface area contributed by atoms with Gasteiger partial charge in [-0.1, -0.05) is 6.92 Å². The van der Waals surface area contributed by atoms with Gasteiger partial charge in [0.25, 0.3) is 0 Å². The van der Waals surface area contributed by atoms with E-state index in [1.807, 2.05) is 12.1 Å². The number of carbonyl (C=O) groups excluding carboxylic acids is 1. The average molecular weight is 329 g/mol. The van der Waals surface area contributed by atoms with Crippen molar-refractivity contribution < 1.29 is 9.53 Å². The third-order valence-corrected chi connectivity index (χ3v) is 3.61. The first kappa shape index (κ1) is 16.0. The van der Waals surface area contributed by atoms with E-state index in [1.165, 1.54) is 0 Å². The zero-order valence-electron chi connectivity index (χ0n) is 11.4. The predicted octanol–water partition coefficient (Wildman–Crippen LogP) is 3.16. The number of halogens is 1. The Kier molecular flexibility index (Phi) is 6.87. The van der Waals surface area contributed by atoms with Gasteiger partial charge in [0.05, 0.1) is 11.6 Å². The topological polar surface area (TPSA) is 64.3 Å². The Morgan fingerprint density at radius 3 is 2.84 bits per heavy atom. The summed E-state index contributed by atoms with van der Waals surface area (Å²) in [7, 11) is 1.60. The summed E-state index contributed by atoms with van der Waals surface area (Å²) < 4.78 is 6.05. The molecule has 5 heteroatoms. The van der Waals surface area contributed by atoms with E-state index >= 15 is 0 Å². The van der Waals surface area contributed by atoms with Crippen LogP contribution in [0.25, 0.3) is 0 Å². The van der Waals surface area contributed by atoms with Crippen LogP contribution < -0.4 is 15.8 Å². The number of ether oxygens (including phenoxy) is 1. The van der Waals surface area contributed by atoms with Crippen LogP contribution in [-0.4, -0.2) is 19.6 Å². The zero-order valence-corrected chi connectivity index (χ0v) is 13.0. The van der Waals surface area contributed by atoms with E-state index in [2.05, 4.69) is 28.2 Å². The van der Waals surface area contributed by atoms with Crippen molar-refractivity contribution in [2.24, 2.45) is 11.7 Å². The second-order valence-corrected chi connectivity index (χ2v) is 5.47. The summed E-state index contributed by atoms with van der Waals surface area (Å²) in [6.45, 7) is 2.79. The molecule has 0 saturated carbocycles. The largest absolute Gasteiger partial charge is 0.495 e. The lowest BCUT2D eigenvalue weighted by molar-refractivity contribution is -0.116. The Hall–Kier alpha value is -1.07. The van der Waals surface area contributed by atoms with Crippen LogP contribution in [0.1, 0.15) is 26.2 Å². The average Bonchev–Trinajstić information content (AvgIpc) is 2.39. The van der Waals surface area contributed by atoms with E-state index in [1.54, 1.807) is 13.2 Å². The maximum absolute atomic E-state index is 11.8. The smallest absolute Gasteiger partial charge is 0.224 e.